The van der Waals surface area contributed by atoms with Gasteiger partial charge in [0.2, 0.25) is 0 Å². The van der Waals surface area contributed by atoms with Crippen LogP contribution in [0, 0.1) is 0 Å². The Morgan fingerprint density at radius 2 is 1.34 bits per heavy atom. The van der Waals surface area contributed by atoms with Crippen LogP contribution in [0.5, 0.6) is 5.75 Å². The second-order valence-corrected chi connectivity index (χ2v) is 9.55. The number of ether oxygens (including phenoxy) is 1. The summed E-state index contributed by atoms with van der Waals surface area (Å²) in [5, 5.41) is 6.37. The van der Waals surface area contributed by atoms with E-state index in [0.717, 1.165) is 50.3 Å². The molecular weight excluding hydrogens is 506 g/mol. The van der Waals surface area contributed by atoms with Crippen LogP contribution in [-0.2, 0) is 0 Å². The summed E-state index contributed by atoms with van der Waals surface area (Å²) >= 11 is 0. The highest BCUT2D eigenvalue weighted by Gasteiger charge is 2.14. The van der Waals surface area contributed by atoms with Crippen LogP contribution >= 0.6 is 0 Å². The van der Waals surface area contributed by atoms with E-state index in [9.17, 15) is 4.79 Å². The summed E-state index contributed by atoms with van der Waals surface area (Å²) in [6.45, 7) is 2.48. The fourth-order valence-corrected chi connectivity index (χ4v) is 5.06. The molecule has 0 atom stereocenters. The molecule has 41 heavy (non-hydrogen) atoms. The molecule has 5 aromatic carbocycles. The SMILES string of the molecule is CCOc1ccc2ccccc2c1/C=N\NC(=O)c1ccc(-n2c(-c3ccccc3)ccc2-c2ccccc2)cc1. The normalized spacial score (nSPS) is 11.1. The maximum Gasteiger partial charge on any atom is 0.271 e. The molecule has 0 aliphatic heterocycles. The Hall–Kier alpha value is -5.42. The van der Waals surface area contributed by atoms with E-state index in [1.807, 2.05) is 104 Å². The van der Waals surface area contributed by atoms with Crippen molar-refractivity contribution in [2.24, 2.45) is 5.10 Å². The predicted octanol–water partition coefficient (Wildman–Crippen LogP) is 8.13. The Labute approximate surface area is 239 Å². The van der Waals surface area contributed by atoms with Crippen molar-refractivity contribution in [3.05, 3.63) is 145 Å². The number of hydrogen-bond donors (Lipinski definition) is 1. The highest BCUT2D eigenvalue weighted by molar-refractivity contribution is 6.03. The van der Waals surface area contributed by atoms with E-state index < -0.39 is 0 Å². The lowest BCUT2D eigenvalue weighted by Crippen LogP contribution is -2.17. The third-order valence-electron chi connectivity index (χ3n) is 7.00. The summed E-state index contributed by atoms with van der Waals surface area (Å²) in [6.07, 6.45) is 1.65. The van der Waals surface area contributed by atoms with Crippen LogP contribution in [0.4, 0.5) is 0 Å². The van der Waals surface area contributed by atoms with Gasteiger partial charge in [-0.25, -0.2) is 5.43 Å². The van der Waals surface area contributed by atoms with E-state index in [1.54, 1.807) is 6.21 Å². The van der Waals surface area contributed by atoms with Gasteiger partial charge < -0.3 is 9.30 Å². The van der Waals surface area contributed by atoms with Crippen LogP contribution in [0.25, 0.3) is 39.0 Å². The molecule has 1 N–H and O–H groups in total. The van der Waals surface area contributed by atoms with Gasteiger partial charge in [0.15, 0.2) is 0 Å². The molecule has 200 valence electrons. The Balaban J connectivity index is 1.28. The maximum absolute atomic E-state index is 13.0. The number of fused-ring (bicyclic) bond motifs is 1. The van der Waals surface area contributed by atoms with E-state index in [4.69, 9.17) is 4.74 Å². The molecule has 5 nitrogen and oxygen atoms in total. The monoisotopic (exact) mass is 535 g/mol. The van der Waals surface area contributed by atoms with Crippen LogP contribution in [0.15, 0.2) is 139 Å². The summed E-state index contributed by atoms with van der Waals surface area (Å²) in [5.41, 5.74) is 9.37. The highest BCUT2D eigenvalue weighted by atomic mass is 16.5. The van der Waals surface area contributed by atoms with Crippen LogP contribution in [-0.4, -0.2) is 23.3 Å². The third-order valence-corrected chi connectivity index (χ3v) is 7.00. The smallest absolute Gasteiger partial charge is 0.271 e. The number of hydrazone groups is 1. The molecule has 0 aliphatic rings. The van der Waals surface area contributed by atoms with Crippen LogP contribution < -0.4 is 10.2 Å². The number of aromatic nitrogens is 1. The second-order valence-electron chi connectivity index (χ2n) is 9.55. The molecule has 0 saturated heterocycles. The van der Waals surface area contributed by atoms with Gasteiger partial charge in [0.05, 0.1) is 24.2 Å². The summed E-state index contributed by atoms with van der Waals surface area (Å²) in [6, 6.07) is 44.5. The number of hydrogen-bond acceptors (Lipinski definition) is 3. The van der Waals surface area contributed by atoms with Crippen LogP contribution in [0.2, 0.25) is 0 Å². The molecule has 0 saturated carbocycles. The van der Waals surface area contributed by atoms with Gasteiger partial charge in [-0.05, 0) is 71.3 Å². The highest BCUT2D eigenvalue weighted by Crippen LogP contribution is 2.32. The lowest BCUT2D eigenvalue weighted by atomic mass is 10.0. The van der Waals surface area contributed by atoms with Crippen LogP contribution in [0.1, 0.15) is 22.8 Å². The largest absolute Gasteiger partial charge is 0.493 e. The Kier molecular flexibility index (Phi) is 7.41. The van der Waals surface area contributed by atoms with Crippen molar-refractivity contribution in [1.29, 1.82) is 0 Å². The molecule has 5 heteroatoms. The van der Waals surface area contributed by atoms with Crippen molar-refractivity contribution in [2.45, 2.75) is 6.92 Å². The van der Waals surface area contributed by atoms with Gasteiger partial charge in [0, 0.05) is 16.8 Å². The van der Waals surface area contributed by atoms with Crippen molar-refractivity contribution in [3.8, 4) is 34.0 Å². The van der Waals surface area contributed by atoms with Gasteiger partial charge in [0.25, 0.3) is 5.91 Å². The summed E-state index contributed by atoms with van der Waals surface area (Å²) in [5.74, 6) is 0.439. The summed E-state index contributed by atoms with van der Waals surface area (Å²) < 4.78 is 8.04. The average molecular weight is 536 g/mol. The molecule has 6 rings (SSSR count). The van der Waals surface area contributed by atoms with E-state index in [-0.39, 0.29) is 5.91 Å². The molecule has 0 spiro atoms. The number of amides is 1. The minimum atomic E-state index is -0.287. The van der Waals surface area contributed by atoms with Crippen molar-refractivity contribution in [2.75, 3.05) is 6.61 Å². The Morgan fingerprint density at radius 1 is 0.732 bits per heavy atom. The fraction of sp³-hybridized carbons (Fsp3) is 0.0556. The zero-order chi connectivity index (χ0) is 28.0. The van der Waals surface area contributed by atoms with Gasteiger partial charge in [-0.15, -0.1) is 0 Å². The van der Waals surface area contributed by atoms with E-state index in [2.05, 4.69) is 51.5 Å². The van der Waals surface area contributed by atoms with Crippen LogP contribution in [0.3, 0.4) is 0 Å². The lowest BCUT2D eigenvalue weighted by Gasteiger charge is -2.15. The molecule has 1 amide bonds. The molecule has 1 aromatic heterocycles. The standard InChI is InChI=1S/C36H29N3O2/c1-2-41-35-24-19-26-11-9-10-16-31(26)32(35)25-37-38-36(40)29-17-20-30(21-18-29)39-33(27-12-5-3-6-13-27)22-23-34(39)28-14-7-4-8-15-28/h3-25H,2H2,1H3,(H,38,40)/b37-25-. The van der Waals surface area contributed by atoms with E-state index >= 15 is 0 Å². The van der Waals surface area contributed by atoms with Crippen molar-refractivity contribution in [1.82, 2.24) is 9.99 Å². The fourth-order valence-electron chi connectivity index (χ4n) is 5.06. The number of carbonyl (C=O) groups excluding carboxylic acids is 1. The van der Waals surface area contributed by atoms with Gasteiger partial charge >= 0.3 is 0 Å². The number of nitrogens with zero attached hydrogens (tertiary/aromatic N) is 2. The molecule has 1 heterocycles. The molecule has 6 aromatic rings. The van der Waals surface area contributed by atoms with E-state index in [0.29, 0.717) is 12.2 Å². The van der Waals surface area contributed by atoms with Crippen molar-refractivity contribution < 1.29 is 9.53 Å². The van der Waals surface area contributed by atoms with Gasteiger partial charge in [-0.3, -0.25) is 4.79 Å². The maximum atomic E-state index is 13.0. The topological polar surface area (TPSA) is 55.6 Å². The van der Waals surface area contributed by atoms with Gasteiger partial charge in [0.1, 0.15) is 5.75 Å². The average Bonchev–Trinajstić information content (AvgIpc) is 3.48. The van der Waals surface area contributed by atoms with Crippen molar-refractivity contribution >= 4 is 22.9 Å². The van der Waals surface area contributed by atoms with E-state index in [1.165, 1.54) is 0 Å². The first-order chi connectivity index (χ1) is 20.2. The second kappa shape index (κ2) is 11.8. The predicted molar refractivity (Wildman–Crippen MR) is 167 cm³/mol. The van der Waals surface area contributed by atoms with Gasteiger partial charge in [-0.1, -0.05) is 91.0 Å². The molecule has 0 aliphatic carbocycles. The minimum absolute atomic E-state index is 0.287. The summed E-state index contributed by atoms with van der Waals surface area (Å²) in [7, 11) is 0. The first kappa shape index (κ1) is 25.8. The first-order valence-electron chi connectivity index (χ1n) is 13.6. The Bertz CT molecular complexity index is 1770. The number of nitrogens with one attached hydrogen (secondary N) is 1. The number of carbonyl (C=O) groups is 1. The zero-order valence-electron chi connectivity index (χ0n) is 22.7. The third kappa shape index (κ3) is 5.38. The number of rotatable bonds is 8. The molecule has 0 bridgehead atoms. The number of benzene rings is 5. The Morgan fingerprint density at radius 3 is 1.98 bits per heavy atom. The molecular formula is C36H29N3O2. The van der Waals surface area contributed by atoms with Crippen molar-refractivity contribution in [3.63, 3.8) is 0 Å². The van der Waals surface area contributed by atoms with Gasteiger partial charge in [-0.2, -0.15) is 5.10 Å². The minimum Gasteiger partial charge on any atom is -0.493 e. The zero-order valence-corrected chi connectivity index (χ0v) is 22.7. The molecule has 0 radical (unpaired) electrons. The first-order valence-corrected chi connectivity index (χ1v) is 13.6. The molecule has 0 unspecified atom stereocenters. The lowest BCUT2D eigenvalue weighted by molar-refractivity contribution is 0.0955. The quantitative estimate of drug-likeness (QED) is 0.158. The summed E-state index contributed by atoms with van der Waals surface area (Å²) in [4.78, 5) is 13.0. The molecule has 0 fully saturated rings.